The maximum atomic E-state index is 13.6. The van der Waals surface area contributed by atoms with Gasteiger partial charge in [0.15, 0.2) is 22.9 Å². The predicted molar refractivity (Wildman–Crippen MR) is 126 cm³/mol. The van der Waals surface area contributed by atoms with E-state index in [0.29, 0.717) is 27.3 Å². The van der Waals surface area contributed by atoms with Crippen molar-refractivity contribution in [3.63, 3.8) is 0 Å². The predicted octanol–water partition coefficient (Wildman–Crippen LogP) is 5.93. The molecule has 6 nitrogen and oxygen atoms in total. The van der Waals surface area contributed by atoms with Crippen molar-refractivity contribution in [3.8, 4) is 5.75 Å². The molecule has 166 valence electrons. The Morgan fingerprint density at radius 2 is 1.97 bits per heavy atom. The van der Waals surface area contributed by atoms with E-state index in [1.54, 1.807) is 18.2 Å². The number of amides is 1. The number of ketones is 1. The SMILES string of the molecule is COc1cc(Cl)cc2cc(C(=O)C3=C(O)C(=O)N(Cc4cccs4)C3c3ccccc3)oc12. The van der Waals surface area contributed by atoms with Crippen LogP contribution in [-0.4, -0.2) is 28.8 Å². The molecule has 1 unspecified atom stereocenters. The zero-order valence-electron chi connectivity index (χ0n) is 17.4. The lowest BCUT2D eigenvalue weighted by atomic mass is 9.95. The zero-order valence-corrected chi connectivity index (χ0v) is 19.0. The number of carbonyl (C=O) groups is 2. The number of fused-ring (bicyclic) bond motifs is 1. The lowest BCUT2D eigenvalue weighted by molar-refractivity contribution is -0.130. The van der Waals surface area contributed by atoms with Gasteiger partial charge in [0, 0.05) is 21.4 Å². The van der Waals surface area contributed by atoms with Crippen LogP contribution in [0.15, 0.2) is 81.8 Å². The minimum atomic E-state index is -0.757. The number of hydrogen-bond donors (Lipinski definition) is 1. The van der Waals surface area contributed by atoms with Gasteiger partial charge in [-0.25, -0.2) is 0 Å². The Kier molecular flexibility index (Phi) is 5.44. The fourth-order valence-electron chi connectivity index (χ4n) is 4.08. The summed E-state index contributed by atoms with van der Waals surface area (Å²) in [5.41, 5.74) is 1.06. The first-order valence-corrected chi connectivity index (χ1v) is 11.4. The Hall–Kier alpha value is -3.55. The number of Topliss-reactive ketones (excluding diaryl/α,β-unsaturated/α-hetero) is 1. The molecule has 0 bridgehead atoms. The number of thiophene rings is 1. The minimum absolute atomic E-state index is 0.0150. The van der Waals surface area contributed by atoms with E-state index in [1.165, 1.54) is 23.3 Å². The normalized spacial score (nSPS) is 16.1. The highest BCUT2D eigenvalue weighted by molar-refractivity contribution is 7.09. The lowest BCUT2D eigenvalue weighted by Gasteiger charge is -2.26. The summed E-state index contributed by atoms with van der Waals surface area (Å²) in [6.45, 7) is 0.264. The van der Waals surface area contributed by atoms with Crippen molar-refractivity contribution >= 4 is 45.6 Å². The van der Waals surface area contributed by atoms with E-state index < -0.39 is 23.5 Å². The van der Waals surface area contributed by atoms with Gasteiger partial charge < -0.3 is 19.2 Å². The van der Waals surface area contributed by atoms with Gasteiger partial charge in [0.2, 0.25) is 5.78 Å². The number of nitrogens with zero attached hydrogens (tertiary/aromatic N) is 1. The summed E-state index contributed by atoms with van der Waals surface area (Å²) in [4.78, 5) is 29.2. The second-order valence-corrected chi connectivity index (χ2v) is 9.02. The minimum Gasteiger partial charge on any atom is -0.503 e. The van der Waals surface area contributed by atoms with Gasteiger partial charge in [-0.3, -0.25) is 9.59 Å². The van der Waals surface area contributed by atoms with Crippen molar-refractivity contribution in [2.75, 3.05) is 7.11 Å². The molecule has 8 heteroatoms. The van der Waals surface area contributed by atoms with Crippen LogP contribution < -0.4 is 4.74 Å². The summed E-state index contributed by atoms with van der Waals surface area (Å²) < 4.78 is 11.1. The highest BCUT2D eigenvalue weighted by Crippen LogP contribution is 2.41. The fourth-order valence-corrected chi connectivity index (χ4v) is 5.00. The van der Waals surface area contributed by atoms with Gasteiger partial charge in [-0.2, -0.15) is 0 Å². The molecule has 0 spiro atoms. The number of halogens is 1. The molecule has 0 aliphatic carbocycles. The second-order valence-electron chi connectivity index (χ2n) is 7.55. The van der Waals surface area contributed by atoms with Crippen molar-refractivity contribution in [2.24, 2.45) is 0 Å². The quantitative estimate of drug-likeness (QED) is 0.346. The number of benzene rings is 2. The monoisotopic (exact) mass is 479 g/mol. The Labute approximate surface area is 198 Å². The first kappa shape index (κ1) is 21.3. The van der Waals surface area contributed by atoms with Crippen molar-refractivity contribution < 1.29 is 23.8 Å². The molecule has 1 N–H and O–H groups in total. The summed E-state index contributed by atoms with van der Waals surface area (Å²) >= 11 is 7.65. The molecule has 33 heavy (non-hydrogen) atoms. The van der Waals surface area contributed by atoms with Crippen LogP contribution in [0.5, 0.6) is 5.75 Å². The zero-order chi connectivity index (χ0) is 23.1. The molecular weight excluding hydrogens is 462 g/mol. The summed E-state index contributed by atoms with van der Waals surface area (Å²) in [5.74, 6) is -1.37. The third-order valence-corrected chi connectivity index (χ3v) is 6.64. The van der Waals surface area contributed by atoms with Crippen molar-refractivity contribution in [1.29, 1.82) is 0 Å². The van der Waals surface area contributed by atoms with Crippen LogP contribution >= 0.6 is 22.9 Å². The molecule has 1 atom stereocenters. The average molecular weight is 480 g/mol. The first-order valence-electron chi connectivity index (χ1n) is 10.1. The number of aliphatic hydroxyl groups is 1. The number of carbonyl (C=O) groups excluding carboxylic acids is 2. The highest BCUT2D eigenvalue weighted by atomic mass is 35.5. The van der Waals surface area contributed by atoms with E-state index in [4.69, 9.17) is 20.8 Å². The van der Waals surface area contributed by atoms with Gasteiger partial charge in [0.25, 0.3) is 5.91 Å². The third-order valence-electron chi connectivity index (χ3n) is 5.56. The largest absolute Gasteiger partial charge is 0.503 e. The number of aliphatic hydroxyl groups excluding tert-OH is 1. The van der Waals surface area contributed by atoms with Crippen LogP contribution in [0.4, 0.5) is 0 Å². The first-order chi connectivity index (χ1) is 16.0. The molecule has 0 saturated carbocycles. The molecule has 3 heterocycles. The van der Waals surface area contributed by atoms with E-state index in [1.807, 2.05) is 47.8 Å². The number of methoxy groups -OCH3 is 1. The molecule has 2 aromatic carbocycles. The molecule has 1 amide bonds. The maximum Gasteiger partial charge on any atom is 0.290 e. The molecule has 0 saturated heterocycles. The summed E-state index contributed by atoms with van der Waals surface area (Å²) in [6.07, 6.45) is 0. The molecule has 0 fully saturated rings. The van der Waals surface area contributed by atoms with E-state index in [0.717, 1.165) is 4.88 Å². The van der Waals surface area contributed by atoms with E-state index in [2.05, 4.69) is 0 Å². The molecule has 1 aliphatic rings. The fraction of sp³-hybridized carbons (Fsp3) is 0.120. The molecule has 2 aromatic heterocycles. The summed E-state index contributed by atoms with van der Waals surface area (Å²) in [7, 11) is 1.48. The maximum absolute atomic E-state index is 13.6. The number of hydrogen-bond acceptors (Lipinski definition) is 6. The van der Waals surface area contributed by atoms with Gasteiger partial charge >= 0.3 is 0 Å². The Morgan fingerprint density at radius 1 is 1.18 bits per heavy atom. The highest BCUT2D eigenvalue weighted by Gasteiger charge is 2.44. The van der Waals surface area contributed by atoms with Gasteiger partial charge in [-0.1, -0.05) is 48.0 Å². The molecule has 5 rings (SSSR count). The van der Waals surface area contributed by atoms with E-state index in [-0.39, 0.29) is 17.9 Å². The number of rotatable bonds is 6. The molecule has 4 aromatic rings. The van der Waals surface area contributed by atoms with Crippen LogP contribution in [-0.2, 0) is 11.3 Å². The van der Waals surface area contributed by atoms with Crippen LogP contribution in [0.25, 0.3) is 11.0 Å². The molecule has 1 aliphatic heterocycles. The van der Waals surface area contributed by atoms with Crippen LogP contribution in [0, 0.1) is 0 Å². The Balaban J connectivity index is 1.61. The second kappa shape index (κ2) is 8.42. The average Bonchev–Trinajstić information content (AvgIpc) is 3.54. The Morgan fingerprint density at radius 3 is 2.67 bits per heavy atom. The van der Waals surface area contributed by atoms with Gasteiger partial charge in [0.1, 0.15) is 0 Å². The van der Waals surface area contributed by atoms with Crippen molar-refractivity contribution in [3.05, 3.63) is 98.6 Å². The topological polar surface area (TPSA) is 80.0 Å². The van der Waals surface area contributed by atoms with Crippen molar-refractivity contribution in [2.45, 2.75) is 12.6 Å². The van der Waals surface area contributed by atoms with E-state index >= 15 is 0 Å². The van der Waals surface area contributed by atoms with E-state index in [9.17, 15) is 14.7 Å². The Bertz CT molecular complexity index is 1390. The van der Waals surface area contributed by atoms with Gasteiger partial charge in [-0.05, 0) is 29.1 Å². The number of furan rings is 1. The summed E-state index contributed by atoms with van der Waals surface area (Å²) in [6, 6.07) is 17.0. The molecular formula is C25H18ClNO5S. The van der Waals surface area contributed by atoms with Crippen LogP contribution in [0.1, 0.15) is 27.0 Å². The number of ether oxygens (including phenoxy) is 1. The van der Waals surface area contributed by atoms with Gasteiger partial charge in [0.05, 0.1) is 25.3 Å². The van der Waals surface area contributed by atoms with Crippen LogP contribution in [0.3, 0.4) is 0 Å². The lowest BCUT2D eigenvalue weighted by Crippen LogP contribution is -2.30. The van der Waals surface area contributed by atoms with Crippen molar-refractivity contribution in [1.82, 2.24) is 4.90 Å². The van der Waals surface area contributed by atoms with Gasteiger partial charge in [-0.15, -0.1) is 11.3 Å². The van der Waals surface area contributed by atoms with Crippen LogP contribution in [0.2, 0.25) is 5.02 Å². The molecule has 0 radical (unpaired) electrons. The standard InChI is InChI=1S/C25H18ClNO5S/c1-31-19-12-16(26)10-15-11-18(32-24(15)19)22(28)20-21(14-6-3-2-4-7-14)27(25(30)23(20)29)13-17-8-5-9-33-17/h2-12,21,29H,13H2,1H3. The smallest absolute Gasteiger partial charge is 0.290 e. The third kappa shape index (κ3) is 3.69. The summed E-state index contributed by atoms with van der Waals surface area (Å²) in [5, 5.41) is 13.8.